The molecule has 0 aliphatic carbocycles. The van der Waals surface area contributed by atoms with Crippen LogP contribution in [0.1, 0.15) is 6.92 Å². The molecule has 0 N–H and O–H groups in total. The lowest BCUT2D eigenvalue weighted by molar-refractivity contribution is 0.231. The summed E-state index contributed by atoms with van der Waals surface area (Å²) in [6.07, 6.45) is 0. The Morgan fingerprint density at radius 1 is 1.29 bits per heavy atom. The monoisotopic (exact) mass is 249 g/mol. The molecule has 1 aliphatic rings. The molecule has 0 radical (unpaired) electrons. The molecular weight excluding hydrogens is 234 g/mol. The summed E-state index contributed by atoms with van der Waals surface area (Å²) in [5.41, 5.74) is 1.17. The van der Waals surface area contributed by atoms with Gasteiger partial charge in [-0.3, -0.25) is 4.90 Å². The van der Waals surface area contributed by atoms with Gasteiger partial charge in [0.25, 0.3) is 0 Å². The molecule has 0 aromatic heterocycles. The van der Waals surface area contributed by atoms with Crippen LogP contribution in [0.5, 0.6) is 0 Å². The van der Waals surface area contributed by atoms with Crippen molar-refractivity contribution in [2.24, 2.45) is 0 Å². The number of anilines is 1. The number of hydrogen-bond acceptors (Lipinski definition) is 3. The van der Waals surface area contributed by atoms with Crippen LogP contribution in [0, 0.1) is 11.3 Å². The van der Waals surface area contributed by atoms with Crippen LogP contribution in [0.3, 0.4) is 0 Å². The molecule has 2 rings (SSSR count). The first-order chi connectivity index (χ1) is 8.20. The Labute approximate surface area is 107 Å². The molecule has 1 saturated heterocycles. The minimum absolute atomic E-state index is 0.0107. The SMILES string of the molecule is C[C@H](C#N)N1CCN(c2cccc(Cl)c2)CC1. The number of benzene rings is 1. The van der Waals surface area contributed by atoms with E-state index >= 15 is 0 Å². The Balaban J connectivity index is 1.98. The van der Waals surface area contributed by atoms with Crippen LogP contribution in [0.15, 0.2) is 24.3 Å². The van der Waals surface area contributed by atoms with Crippen molar-refractivity contribution in [2.75, 3.05) is 31.1 Å². The average Bonchev–Trinajstić information content (AvgIpc) is 2.38. The third-order valence-electron chi connectivity index (χ3n) is 3.22. The number of nitrogens with zero attached hydrogens (tertiary/aromatic N) is 3. The molecule has 0 spiro atoms. The normalized spacial score (nSPS) is 18.8. The largest absolute Gasteiger partial charge is 0.369 e. The van der Waals surface area contributed by atoms with Gasteiger partial charge >= 0.3 is 0 Å². The summed E-state index contributed by atoms with van der Waals surface area (Å²) in [6, 6.07) is 10.2. The summed E-state index contributed by atoms with van der Waals surface area (Å²) in [7, 11) is 0. The van der Waals surface area contributed by atoms with Crippen molar-refractivity contribution in [2.45, 2.75) is 13.0 Å². The van der Waals surface area contributed by atoms with Crippen LogP contribution in [-0.4, -0.2) is 37.1 Å². The zero-order valence-electron chi connectivity index (χ0n) is 9.93. The van der Waals surface area contributed by atoms with Crippen molar-refractivity contribution in [3.05, 3.63) is 29.3 Å². The van der Waals surface area contributed by atoms with Crippen LogP contribution in [0.2, 0.25) is 5.02 Å². The summed E-state index contributed by atoms with van der Waals surface area (Å²) < 4.78 is 0. The molecule has 3 nitrogen and oxygen atoms in total. The van der Waals surface area contributed by atoms with Gasteiger partial charge in [0.05, 0.1) is 12.1 Å². The summed E-state index contributed by atoms with van der Waals surface area (Å²) in [5.74, 6) is 0. The molecule has 1 aromatic rings. The minimum Gasteiger partial charge on any atom is -0.369 e. The molecule has 1 heterocycles. The third-order valence-corrected chi connectivity index (χ3v) is 3.46. The van der Waals surface area contributed by atoms with Gasteiger partial charge in [-0.1, -0.05) is 17.7 Å². The molecule has 1 fully saturated rings. The van der Waals surface area contributed by atoms with E-state index in [1.807, 2.05) is 25.1 Å². The van der Waals surface area contributed by atoms with Crippen molar-refractivity contribution in [1.82, 2.24) is 4.90 Å². The Hall–Kier alpha value is -1.24. The second kappa shape index (κ2) is 5.39. The van der Waals surface area contributed by atoms with Gasteiger partial charge in [0, 0.05) is 36.9 Å². The number of piperazine rings is 1. The van der Waals surface area contributed by atoms with E-state index in [1.165, 1.54) is 5.69 Å². The highest BCUT2D eigenvalue weighted by molar-refractivity contribution is 6.30. The van der Waals surface area contributed by atoms with Crippen LogP contribution in [-0.2, 0) is 0 Å². The molecule has 0 saturated carbocycles. The van der Waals surface area contributed by atoms with Crippen LogP contribution < -0.4 is 4.90 Å². The fraction of sp³-hybridized carbons (Fsp3) is 0.462. The first-order valence-electron chi connectivity index (χ1n) is 5.85. The van der Waals surface area contributed by atoms with Crippen molar-refractivity contribution in [3.8, 4) is 6.07 Å². The minimum atomic E-state index is 0.0107. The van der Waals surface area contributed by atoms with E-state index in [1.54, 1.807) is 0 Å². The van der Waals surface area contributed by atoms with Gasteiger partial charge in [-0.2, -0.15) is 5.26 Å². The van der Waals surface area contributed by atoms with Gasteiger partial charge in [-0.05, 0) is 25.1 Å². The van der Waals surface area contributed by atoms with Crippen molar-refractivity contribution in [3.63, 3.8) is 0 Å². The van der Waals surface area contributed by atoms with E-state index in [0.717, 1.165) is 31.2 Å². The van der Waals surface area contributed by atoms with Crippen molar-refractivity contribution < 1.29 is 0 Å². The lowest BCUT2D eigenvalue weighted by atomic mass is 10.2. The predicted octanol–water partition coefficient (Wildman–Crippen LogP) is 2.37. The second-order valence-electron chi connectivity index (χ2n) is 4.31. The maximum atomic E-state index is 8.88. The Kier molecular flexibility index (Phi) is 3.88. The van der Waals surface area contributed by atoms with E-state index in [4.69, 9.17) is 16.9 Å². The summed E-state index contributed by atoms with van der Waals surface area (Å²) in [4.78, 5) is 4.52. The van der Waals surface area contributed by atoms with Gasteiger partial charge < -0.3 is 4.90 Å². The van der Waals surface area contributed by atoms with Gasteiger partial charge in [-0.25, -0.2) is 0 Å². The van der Waals surface area contributed by atoms with E-state index in [-0.39, 0.29) is 6.04 Å². The first kappa shape index (κ1) is 12.2. The molecule has 4 heteroatoms. The standard InChI is InChI=1S/C13H16ClN3/c1-11(10-15)16-5-7-17(8-6-16)13-4-2-3-12(14)9-13/h2-4,9,11H,5-8H2,1H3/t11-/m1/s1. The first-order valence-corrected chi connectivity index (χ1v) is 6.22. The van der Waals surface area contributed by atoms with Gasteiger partial charge in [0.15, 0.2) is 0 Å². The molecule has 0 bridgehead atoms. The Morgan fingerprint density at radius 2 is 2.00 bits per heavy atom. The second-order valence-corrected chi connectivity index (χ2v) is 4.74. The van der Waals surface area contributed by atoms with Crippen molar-refractivity contribution >= 4 is 17.3 Å². The zero-order chi connectivity index (χ0) is 12.3. The van der Waals surface area contributed by atoms with E-state index in [0.29, 0.717) is 0 Å². The molecule has 0 unspecified atom stereocenters. The summed E-state index contributed by atoms with van der Waals surface area (Å²) in [6.45, 7) is 5.72. The van der Waals surface area contributed by atoms with Gasteiger partial charge in [0.2, 0.25) is 0 Å². The summed E-state index contributed by atoms with van der Waals surface area (Å²) in [5, 5.41) is 9.66. The van der Waals surface area contributed by atoms with Crippen LogP contribution in [0.4, 0.5) is 5.69 Å². The highest BCUT2D eigenvalue weighted by atomic mass is 35.5. The molecule has 1 atom stereocenters. The van der Waals surface area contributed by atoms with E-state index in [9.17, 15) is 0 Å². The quantitative estimate of drug-likeness (QED) is 0.806. The summed E-state index contributed by atoms with van der Waals surface area (Å²) >= 11 is 5.99. The molecular formula is C13H16ClN3. The highest BCUT2D eigenvalue weighted by Gasteiger charge is 2.20. The maximum Gasteiger partial charge on any atom is 0.0950 e. The number of rotatable bonds is 2. The molecule has 90 valence electrons. The predicted molar refractivity (Wildman–Crippen MR) is 70.3 cm³/mol. The third kappa shape index (κ3) is 2.91. The van der Waals surface area contributed by atoms with Gasteiger partial charge in [-0.15, -0.1) is 0 Å². The average molecular weight is 250 g/mol. The van der Waals surface area contributed by atoms with Crippen molar-refractivity contribution in [1.29, 1.82) is 5.26 Å². The Bertz CT molecular complexity index is 419. The zero-order valence-corrected chi connectivity index (χ0v) is 10.7. The topological polar surface area (TPSA) is 30.3 Å². The lowest BCUT2D eigenvalue weighted by Crippen LogP contribution is -2.49. The molecule has 1 aliphatic heterocycles. The highest BCUT2D eigenvalue weighted by Crippen LogP contribution is 2.21. The number of hydrogen-bond donors (Lipinski definition) is 0. The van der Waals surface area contributed by atoms with Crippen LogP contribution >= 0.6 is 11.6 Å². The molecule has 0 amide bonds. The fourth-order valence-corrected chi connectivity index (χ4v) is 2.31. The van der Waals surface area contributed by atoms with Crippen LogP contribution in [0.25, 0.3) is 0 Å². The fourth-order valence-electron chi connectivity index (χ4n) is 2.12. The number of halogens is 1. The molecule has 17 heavy (non-hydrogen) atoms. The van der Waals surface area contributed by atoms with Gasteiger partial charge in [0.1, 0.15) is 0 Å². The maximum absolute atomic E-state index is 8.88. The lowest BCUT2D eigenvalue weighted by Gasteiger charge is -2.37. The van der Waals surface area contributed by atoms with E-state index in [2.05, 4.69) is 21.9 Å². The Morgan fingerprint density at radius 3 is 2.59 bits per heavy atom. The molecule has 1 aromatic carbocycles. The van der Waals surface area contributed by atoms with E-state index < -0.39 is 0 Å². The number of nitriles is 1. The smallest absolute Gasteiger partial charge is 0.0950 e.